The Morgan fingerprint density at radius 3 is 2.52 bits per heavy atom. The van der Waals surface area contributed by atoms with E-state index in [0.717, 1.165) is 56.8 Å². The van der Waals surface area contributed by atoms with Gasteiger partial charge in [0.15, 0.2) is 0 Å². The van der Waals surface area contributed by atoms with Gasteiger partial charge in [0.05, 0.1) is 19.8 Å². The molecule has 2 aliphatic rings. The number of ether oxygens (including phenoxy) is 2. The van der Waals surface area contributed by atoms with Crippen molar-refractivity contribution < 1.29 is 17.9 Å². The van der Waals surface area contributed by atoms with Crippen molar-refractivity contribution in [1.29, 1.82) is 0 Å². The third-order valence-electron chi connectivity index (χ3n) is 4.97. The van der Waals surface area contributed by atoms with Crippen LogP contribution in [0, 0.1) is 0 Å². The van der Waals surface area contributed by atoms with Crippen LogP contribution in [0.25, 0.3) is 0 Å². The van der Waals surface area contributed by atoms with Gasteiger partial charge in [-0.15, -0.1) is 0 Å². The second-order valence-corrected chi connectivity index (χ2v) is 9.78. The Kier molecular flexibility index (Phi) is 7.52. The van der Waals surface area contributed by atoms with Gasteiger partial charge in [-0.05, 0) is 31.7 Å². The van der Waals surface area contributed by atoms with E-state index in [1.807, 2.05) is 13.1 Å². The zero-order valence-corrected chi connectivity index (χ0v) is 18.2. The molecule has 0 atom stereocenters. The lowest BCUT2D eigenvalue weighted by atomic mass is 10.3. The molecule has 0 saturated carbocycles. The minimum Gasteiger partial charge on any atom is -0.492 e. The molecule has 1 aromatic rings. The molecule has 2 heterocycles. The van der Waals surface area contributed by atoms with Gasteiger partial charge in [0.25, 0.3) is 0 Å². The topological polar surface area (TPSA) is 62.3 Å². The third kappa shape index (κ3) is 5.65. The molecule has 0 spiro atoms. The Morgan fingerprint density at radius 1 is 1.11 bits per heavy atom. The molecule has 9 heteroatoms. The number of piperazine rings is 1. The summed E-state index contributed by atoms with van der Waals surface area (Å²) < 4.78 is 39.8. The first-order valence-corrected chi connectivity index (χ1v) is 11.6. The van der Waals surface area contributed by atoms with Gasteiger partial charge >= 0.3 is 0 Å². The predicted molar refractivity (Wildman–Crippen MR) is 108 cm³/mol. The van der Waals surface area contributed by atoms with Gasteiger partial charge < -0.3 is 14.4 Å². The Morgan fingerprint density at radius 2 is 1.81 bits per heavy atom. The smallest absolute Gasteiger partial charge is 0.246 e. The maximum atomic E-state index is 13.1. The summed E-state index contributed by atoms with van der Waals surface area (Å²) in [6.45, 7) is 7.35. The Labute approximate surface area is 170 Å². The van der Waals surface area contributed by atoms with Crippen molar-refractivity contribution in [3.8, 4) is 5.75 Å². The Hall–Kier alpha value is -0.710. The van der Waals surface area contributed by atoms with Crippen LogP contribution in [0.4, 0.5) is 0 Å². The van der Waals surface area contributed by atoms with E-state index in [1.165, 1.54) is 0 Å². The largest absolute Gasteiger partial charge is 0.492 e. The fraction of sp³-hybridized carbons (Fsp3) is 0.667. The number of rotatable bonds is 7. The first-order chi connectivity index (χ1) is 13.0. The van der Waals surface area contributed by atoms with Crippen LogP contribution in [0.5, 0.6) is 5.75 Å². The summed E-state index contributed by atoms with van der Waals surface area (Å²) in [6.07, 6.45) is 0.851. The highest BCUT2D eigenvalue weighted by molar-refractivity contribution is 9.10. The summed E-state index contributed by atoms with van der Waals surface area (Å²) in [5.41, 5.74) is 0. The fourth-order valence-electron chi connectivity index (χ4n) is 3.27. The molecule has 0 aliphatic carbocycles. The lowest BCUT2D eigenvalue weighted by Crippen LogP contribution is -2.47. The van der Waals surface area contributed by atoms with Gasteiger partial charge in [0, 0.05) is 50.3 Å². The SMILES string of the molecule is CN1CCN(S(=O)(=O)c2cc(Br)ccc2OCCCN2CCOCC2)CC1. The molecule has 0 bridgehead atoms. The zero-order chi connectivity index (χ0) is 19.3. The molecule has 2 aliphatic heterocycles. The standard InChI is InChI=1S/C18H28BrN3O4S/c1-20-6-8-22(9-7-20)27(23,24)18-15-16(19)3-4-17(18)26-12-2-5-21-10-13-25-14-11-21/h3-4,15H,2,5-14H2,1H3. The average molecular weight is 462 g/mol. The van der Waals surface area contributed by atoms with Crippen LogP contribution in [0.1, 0.15) is 6.42 Å². The number of benzene rings is 1. The molecule has 2 fully saturated rings. The van der Waals surface area contributed by atoms with E-state index in [1.54, 1.807) is 16.4 Å². The lowest BCUT2D eigenvalue weighted by molar-refractivity contribution is 0.0357. The lowest BCUT2D eigenvalue weighted by Gasteiger charge is -2.32. The highest BCUT2D eigenvalue weighted by Gasteiger charge is 2.30. The van der Waals surface area contributed by atoms with E-state index in [9.17, 15) is 8.42 Å². The normalized spacial score (nSPS) is 20.7. The molecule has 2 saturated heterocycles. The zero-order valence-electron chi connectivity index (χ0n) is 15.8. The summed E-state index contributed by atoms with van der Waals surface area (Å²) in [6, 6.07) is 5.20. The van der Waals surface area contributed by atoms with Crippen LogP contribution in [0.3, 0.4) is 0 Å². The third-order valence-corrected chi connectivity index (χ3v) is 7.38. The molecule has 0 radical (unpaired) electrons. The summed E-state index contributed by atoms with van der Waals surface area (Å²) in [7, 11) is -1.57. The summed E-state index contributed by atoms with van der Waals surface area (Å²) >= 11 is 3.39. The van der Waals surface area contributed by atoms with E-state index in [0.29, 0.717) is 25.4 Å². The van der Waals surface area contributed by atoms with Gasteiger partial charge in [-0.3, -0.25) is 4.90 Å². The highest BCUT2D eigenvalue weighted by atomic mass is 79.9. The number of hydrogen-bond acceptors (Lipinski definition) is 6. The van der Waals surface area contributed by atoms with E-state index >= 15 is 0 Å². The van der Waals surface area contributed by atoms with Crippen LogP contribution >= 0.6 is 15.9 Å². The molecule has 0 N–H and O–H groups in total. The minimum absolute atomic E-state index is 0.243. The summed E-state index contributed by atoms with van der Waals surface area (Å²) in [4.78, 5) is 4.72. The van der Waals surface area contributed by atoms with Crippen LogP contribution in [-0.2, 0) is 14.8 Å². The second-order valence-electron chi connectivity index (χ2n) is 6.95. The summed E-state index contributed by atoms with van der Waals surface area (Å²) in [5.74, 6) is 0.430. The predicted octanol–water partition coefficient (Wildman–Crippen LogP) is 1.49. The minimum atomic E-state index is -3.57. The first kappa shape index (κ1) is 21.0. The van der Waals surface area contributed by atoms with Gasteiger partial charge in [0.1, 0.15) is 10.6 Å². The fourth-order valence-corrected chi connectivity index (χ4v) is 5.36. The van der Waals surface area contributed by atoms with Gasteiger partial charge in [-0.25, -0.2) is 8.42 Å². The van der Waals surface area contributed by atoms with Crippen molar-refractivity contribution in [2.45, 2.75) is 11.3 Å². The molecule has 152 valence electrons. The molecule has 1 aromatic carbocycles. The number of hydrogen-bond donors (Lipinski definition) is 0. The van der Waals surface area contributed by atoms with E-state index in [4.69, 9.17) is 9.47 Å². The van der Waals surface area contributed by atoms with Crippen LogP contribution in [0.2, 0.25) is 0 Å². The molecule has 0 aromatic heterocycles. The van der Waals surface area contributed by atoms with E-state index in [2.05, 4.69) is 25.7 Å². The average Bonchev–Trinajstić information content (AvgIpc) is 2.67. The van der Waals surface area contributed by atoms with E-state index in [-0.39, 0.29) is 4.90 Å². The Balaban J connectivity index is 1.63. The summed E-state index contributed by atoms with van der Waals surface area (Å²) in [5, 5.41) is 0. The monoisotopic (exact) mass is 461 g/mol. The van der Waals surface area contributed by atoms with Crippen molar-refractivity contribution in [1.82, 2.24) is 14.1 Å². The van der Waals surface area contributed by atoms with Crippen molar-refractivity contribution in [3.63, 3.8) is 0 Å². The van der Waals surface area contributed by atoms with Gasteiger partial charge in [-0.1, -0.05) is 15.9 Å². The van der Waals surface area contributed by atoms with Crippen molar-refractivity contribution in [3.05, 3.63) is 22.7 Å². The van der Waals surface area contributed by atoms with Crippen LogP contribution in [0.15, 0.2) is 27.6 Å². The number of halogens is 1. The van der Waals surface area contributed by atoms with Gasteiger partial charge in [0.2, 0.25) is 10.0 Å². The highest BCUT2D eigenvalue weighted by Crippen LogP contribution is 2.30. The quantitative estimate of drug-likeness (QED) is 0.573. The number of sulfonamides is 1. The van der Waals surface area contributed by atoms with Crippen molar-refractivity contribution >= 4 is 26.0 Å². The molecule has 3 rings (SSSR count). The number of nitrogens with zero attached hydrogens (tertiary/aromatic N) is 3. The van der Waals surface area contributed by atoms with Gasteiger partial charge in [-0.2, -0.15) is 4.31 Å². The Bertz CT molecular complexity index is 717. The number of morpholine rings is 1. The molecular formula is C18H28BrN3O4S. The van der Waals surface area contributed by atoms with Crippen molar-refractivity contribution in [2.75, 3.05) is 72.7 Å². The maximum Gasteiger partial charge on any atom is 0.246 e. The molecule has 0 amide bonds. The maximum absolute atomic E-state index is 13.1. The molecule has 0 unspecified atom stereocenters. The van der Waals surface area contributed by atoms with E-state index < -0.39 is 10.0 Å². The van der Waals surface area contributed by atoms with Crippen LogP contribution < -0.4 is 4.74 Å². The second kappa shape index (κ2) is 9.67. The van der Waals surface area contributed by atoms with Crippen molar-refractivity contribution in [2.24, 2.45) is 0 Å². The van der Waals surface area contributed by atoms with Crippen LogP contribution in [-0.4, -0.2) is 95.2 Å². The molecule has 27 heavy (non-hydrogen) atoms. The molecule has 7 nitrogen and oxygen atoms in total. The molecular weight excluding hydrogens is 434 g/mol. The first-order valence-electron chi connectivity index (χ1n) is 9.38. The number of likely N-dealkylation sites (N-methyl/N-ethyl adjacent to an activating group) is 1.